The lowest BCUT2D eigenvalue weighted by Crippen LogP contribution is -2.70. The molecular formula is C38H45ClO9. The normalized spacial score (nSPS) is 36.6. The van der Waals surface area contributed by atoms with Gasteiger partial charge < -0.3 is 43.4 Å². The Morgan fingerprint density at radius 3 is 1.96 bits per heavy atom. The fourth-order valence-corrected chi connectivity index (χ4v) is 7.65. The number of hydrogen-bond acceptors (Lipinski definition) is 9. The first kappa shape index (κ1) is 34.1. The number of benzene rings is 3. The van der Waals surface area contributed by atoms with Crippen molar-refractivity contribution in [1.82, 2.24) is 0 Å². The summed E-state index contributed by atoms with van der Waals surface area (Å²) in [6.07, 6.45) is -3.86. The van der Waals surface area contributed by atoms with E-state index in [9.17, 15) is 10.2 Å². The summed E-state index contributed by atoms with van der Waals surface area (Å²) in [5.74, 6) is -1.97. The topological polar surface area (TPSA) is 105 Å². The summed E-state index contributed by atoms with van der Waals surface area (Å²) in [6.45, 7) is 1.88. The van der Waals surface area contributed by atoms with Crippen molar-refractivity contribution in [3.8, 4) is 0 Å². The van der Waals surface area contributed by atoms with Crippen LogP contribution in [0.15, 0.2) is 91.0 Å². The Morgan fingerprint density at radius 1 is 0.708 bits per heavy atom. The number of alkyl halides is 1. The molecule has 0 radical (unpaired) electrons. The zero-order valence-electron chi connectivity index (χ0n) is 26.9. The van der Waals surface area contributed by atoms with Crippen LogP contribution in [0.25, 0.3) is 0 Å². The van der Waals surface area contributed by atoms with E-state index >= 15 is 0 Å². The molecule has 4 heterocycles. The maximum atomic E-state index is 12.0. The van der Waals surface area contributed by atoms with Crippen molar-refractivity contribution >= 4 is 11.6 Å². The first-order chi connectivity index (χ1) is 23.5. The van der Waals surface area contributed by atoms with Gasteiger partial charge in [0.25, 0.3) is 0 Å². The van der Waals surface area contributed by atoms with E-state index in [-0.39, 0.29) is 30.6 Å². The zero-order valence-corrected chi connectivity index (χ0v) is 27.7. The Morgan fingerprint density at radius 2 is 1.31 bits per heavy atom. The van der Waals surface area contributed by atoms with Gasteiger partial charge in [0.1, 0.15) is 42.7 Å². The Labute approximate surface area is 287 Å². The summed E-state index contributed by atoms with van der Waals surface area (Å²) in [4.78, 5) is 0. The molecule has 11 atom stereocenters. The molecular weight excluding hydrogens is 636 g/mol. The van der Waals surface area contributed by atoms with Crippen molar-refractivity contribution in [2.75, 3.05) is 13.2 Å². The molecule has 7 rings (SSSR count). The first-order valence-electron chi connectivity index (χ1n) is 17.1. The maximum Gasteiger partial charge on any atom is 0.219 e. The van der Waals surface area contributed by atoms with Gasteiger partial charge in [-0.05, 0) is 36.0 Å². The average Bonchev–Trinajstić information content (AvgIpc) is 3.12. The van der Waals surface area contributed by atoms with Gasteiger partial charge in [-0.2, -0.15) is 0 Å². The minimum atomic E-state index is -1.97. The van der Waals surface area contributed by atoms with E-state index in [0.29, 0.717) is 45.7 Å². The Hall–Kier alpha value is -2.41. The maximum absolute atomic E-state index is 12.0. The van der Waals surface area contributed by atoms with Crippen molar-refractivity contribution in [3.05, 3.63) is 108 Å². The molecule has 0 spiro atoms. The zero-order chi connectivity index (χ0) is 32.9. The number of ether oxygens (including phenoxy) is 7. The van der Waals surface area contributed by atoms with Crippen LogP contribution in [-0.2, 0) is 53.0 Å². The minimum absolute atomic E-state index is 0.201. The second-order valence-electron chi connectivity index (χ2n) is 13.2. The molecule has 0 bridgehead atoms. The lowest BCUT2D eigenvalue weighted by Gasteiger charge is -2.54. The van der Waals surface area contributed by atoms with E-state index in [1.54, 1.807) is 0 Å². The SMILES string of the molecule is O[C@@H]1C[C@H]2OCC[C@H](Cl)[C@@H]2O[C@]1(O)[C@H]1CC[C@@H]2O[C@H](COCc3ccccc3)[C@H](OCc3ccccc3)[C@H](OCc3ccccc3)[C@H]2O1. The molecule has 4 aliphatic rings. The first-order valence-corrected chi connectivity index (χ1v) is 17.5. The molecule has 3 aromatic carbocycles. The van der Waals surface area contributed by atoms with Gasteiger partial charge in [-0.15, -0.1) is 11.6 Å². The largest absolute Gasteiger partial charge is 0.387 e. The van der Waals surface area contributed by atoms with Crippen LogP contribution in [-0.4, -0.2) is 89.5 Å². The third-order valence-corrected chi connectivity index (χ3v) is 10.4. The third kappa shape index (κ3) is 7.66. The van der Waals surface area contributed by atoms with Crippen LogP contribution in [0.5, 0.6) is 0 Å². The second kappa shape index (κ2) is 15.6. The summed E-state index contributed by atoms with van der Waals surface area (Å²) in [5, 5.41) is 22.8. The molecule has 4 saturated heterocycles. The highest BCUT2D eigenvalue weighted by Gasteiger charge is 2.59. The Bertz CT molecular complexity index is 1420. The van der Waals surface area contributed by atoms with Crippen molar-refractivity contribution in [2.24, 2.45) is 0 Å². The highest BCUT2D eigenvalue weighted by Crippen LogP contribution is 2.44. The van der Waals surface area contributed by atoms with Crippen molar-refractivity contribution in [3.63, 3.8) is 0 Å². The monoisotopic (exact) mass is 680 g/mol. The smallest absolute Gasteiger partial charge is 0.219 e. The summed E-state index contributed by atoms with van der Waals surface area (Å²) >= 11 is 6.63. The quantitative estimate of drug-likeness (QED) is 0.273. The van der Waals surface area contributed by atoms with E-state index in [0.717, 1.165) is 16.7 Å². The van der Waals surface area contributed by atoms with Crippen LogP contribution in [0.4, 0.5) is 0 Å². The van der Waals surface area contributed by atoms with Gasteiger partial charge in [0.05, 0.1) is 44.0 Å². The third-order valence-electron chi connectivity index (χ3n) is 9.90. The predicted octanol–water partition coefficient (Wildman–Crippen LogP) is 4.92. The number of aliphatic hydroxyl groups is 2. The molecule has 0 saturated carbocycles. The van der Waals surface area contributed by atoms with Crippen LogP contribution >= 0.6 is 11.6 Å². The van der Waals surface area contributed by atoms with Crippen molar-refractivity contribution in [2.45, 2.75) is 112 Å². The Kier molecular flexibility index (Phi) is 11.1. The van der Waals surface area contributed by atoms with E-state index in [2.05, 4.69) is 0 Å². The minimum Gasteiger partial charge on any atom is -0.387 e. The molecule has 258 valence electrons. The standard InChI is InChI=1S/C38H45ClO9/c39-28-18-19-43-30-20-32(40)38(41,48-34(28)30)33-17-16-29-36(47-33)37(45-23-27-14-8-3-9-15-27)35(44-22-26-12-6-2-7-13-26)31(46-29)24-42-21-25-10-4-1-5-11-25/h1-15,28-37,40-41H,16-24H2/t28-,29-,30+,31+,32+,33+,34-,35-,36-,37-,38-/m0/s1. The van der Waals surface area contributed by atoms with Gasteiger partial charge in [-0.1, -0.05) is 91.0 Å². The van der Waals surface area contributed by atoms with E-state index < -0.39 is 48.5 Å². The van der Waals surface area contributed by atoms with Crippen LogP contribution < -0.4 is 0 Å². The van der Waals surface area contributed by atoms with Crippen LogP contribution in [0.2, 0.25) is 0 Å². The molecule has 2 N–H and O–H groups in total. The molecule has 48 heavy (non-hydrogen) atoms. The molecule has 3 aromatic rings. The lowest BCUT2D eigenvalue weighted by atomic mass is 9.83. The van der Waals surface area contributed by atoms with Gasteiger partial charge in [-0.3, -0.25) is 0 Å². The van der Waals surface area contributed by atoms with E-state index in [4.69, 9.17) is 44.8 Å². The summed E-state index contributed by atoms with van der Waals surface area (Å²) in [5.41, 5.74) is 3.09. The lowest BCUT2D eigenvalue weighted by molar-refractivity contribution is -0.388. The van der Waals surface area contributed by atoms with Crippen LogP contribution in [0, 0.1) is 0 Å². The van der Waals surface area contributed by atoms with Gasteiger partial charge >= 0.3 is 0 Å². The van der Waals surface area contributed by atoms with Gasteiger partial charge in [0.2, 0.25) is 5.79 Å². The van der Waals surface area contributed by atoms with Crippen molar-refractivity contribution in [1.29, 1.82) is 0 Å². The number of hydrogen-bond donors (Lipinski definition) is 2. The molecule has 0 amide bonds. The van der Waals surface area contributed by atoms with Crippen molar-refractivity contribution < 1.29 is 43.4 Å². The molecule has 4 fully saturated rings. The fraction of sp³-hybridized carbons (Fsp3) is 0.526. The molecule has 0 aromatic heterocycles. The van der Waals surface area contributed by atoms with Gasteiger partial charge in [0, 0.05) is 13.0 Å². The summed E-state index contributed by atoms with van der Waals surface area (Å²) in [6, 6.07) is 30.0. The van der Waals surface area contributed by atoms with Crippen LogP contribution in [0.1, 0.15) is 42.4 Å². The molecule has 0 aliphatic carbocycles. The van der Waals surface area contributed by atoms with E-state index in [1.807, 2.05) is 91.0 Å². The average molecular weight is 681 g/mol. The van der Waals surface area contributed by atoms with Gasteiger partial charge in [-0.25, -0.2) is 0 Å². The number of halogens is 1. The Balaban J connectivity index is 1.14. The molecule has 4 aliphatic heterocycles. The van der Waals surface area contributed by atoms with E-state index in [1.165, 1.54) is 0 Å². The van der Waals surface area contributed by atoms with Gasteiger partial charge in [0.15, 0.2) is 0 Å². The number of fused-ring (bicyclic) bond motifs is 2. The number of aliphatic hydroxyl groups excluding tert-OH is 1. The predicted molar refractivity (Wildman–Crippen MR) is 177 cm³/mol. The summed E-state index contributed by atoms with van der Waals surface area (Å²) < 4.78 is 45.1. The second-order valence-corrected chi connectivity index (χ2v) is 13.8. The molecule has 0 unspecified atom stereocenters. The highest BCUT2D eigenvalue weighted by atomic mass is 35.5. The highest BCUT2D eigenvalue weighted by molar-refractivity contribution is 6.21. The molecule has 10 heteroatoms. The number of rotatable bonds is 11. The molecule has 9 nitrogen and oxygen atoms in total. The summed E-state index contributed by atoms with van der Waals surface area (Å²) in [7, 11) is 0. The van der Waals surface area contributed by atoms with Crippen LogP contribution in [0.3, 0.4) is 0 Å². The fourth-order valence-electron chi connectivity index (χ4n) is 7.34.